The van der Waals surface area contributed by atoms with E-state index in [1.54, 1.807) is 11.3 Å². The molecule has 2 rings (SSSR count). The Morgan fingerprint density at radius 3 is 2.18 bits per heavy atom. The third-order valence-electron chi connectivity index (χ3n) is 3.28. The molecule has 0 radical (unpaired) electrons. The Hall–Kier alpha value is -0.630. The van der Waals surface area contributed by atoms with E-state index in [9.17, 15) is 4.79 Å². The summed E-state index contributed by atoms with van der Waals surface area (Å²) in [4.78, 5) is 11.4. The van der Waals surface area contributed by atoms with E-state index in [0.717, 1.165) is 6.42 Å². The first-order valence-corrected chi connectivity index (χ1v) is 7.64. The van der Waals surface area contributed by atoms with Gasteiger partial charge in [-0.1, -0.05) is 58.1 Å². The second-order valence-corrected chi connectivity index (χ2v) is 5.94. The zero-order valence-electron chi connectivity index (χ0n) is 11.0. The topological polar surface area (TPSA) is 17.1 Å². The number of hydrogen-bond acceptors (Lipinski definition) is 2. The van der Waals surface area contributed by atoms with Crippen molar-refractivity contribution in [2.24, 2.45) is 11.8 Å². The molecule has 0 unspecified atom stereocenters. The van der Waals surface area contributed by atoms with Crippen LogP contribution in [0.5, 0.6) is 0 Å². The lowest BCUT2D eigenvalue weighted by atomic mass is 9.84. The average molecular weight is 252 g/mol. The van der Waals surface area contributed by atoms with Crippen molar-refractivity contribution in [3.63, 3.8) is 0 Å². The van der Waals surface area contributed by atoms with E-state index in [4.69, 9.17) is 0 Å². The van der Waals surface area contributed by atoms with Crippen molar-refractivity contribution in [3.8, 4) is 0 Å². The van der Waals surface area contributed by atoms with Gasteiger partial charge in [-0.25, -0.2) is 0 Å². The summed E-state index contributed by atoms with van der Waals surface area (Å²) in [5, 5.41) is 4.08. The molecule has 0 amide bonds. The van der Waals surface area contributed by atoms with Crippen molar-refractivity contribution in [1.82, 2.24) is 0 Å². The molecular weight excluding hydrogens is 228 g/mol. The van der Waals surface area contributed by atoms with Gasteiger partial charge in [-0.15, -0.1) is 0 Å². The summed E-state index contributed by atoms with van der Waals surface area (Å²) < 4.78 is 0. The summed E-state index contributed by atoms with van der Waals surface area (Å²) in [7, 11) is 0. The van der Waals surface area contributed by atoms with Gasteiger partial charge >= 0.3 is 0 Å². The van der Waals surface area contributed by atoms with Crippen LogP contribution in [0.3, 0.4) is 0 Å². The highest BCUT2D eigenvalue weighted by Gasteiger charge is 2.18. The van der Waals surface area contributed by atoms with Gasteiger partial charge in [-0.05, 0) is 16.7 Å². The normalized spacial score (nSPS) is 16.4. The standard InChI is InChI=1S/C11H20O.C4H4S/c1-9(2)11(12)8-10-6-4-3-5-7-10;1-2-4-5-3-1/h9-10H,3-8H2,1-2H3;1-4H. The van der Waals surface area contributed by atoms with Crippen LogP contribution in [-0.4, -0.2) is 5.78 Å². The summed E-state index contributed by atoms with van der Waals surface area (Å²) in [6.07, 6.45) is 7.49. The molecule has 1 aromatic rings. The Labute approximate surface area is 109 Å². The molecule has 0 saturated heterocycles. The van der Waals surface area contributed by atoms with Crippen LogP contribution in [0.2, 0.25) is 0 Å². The third-order valence-corrected chi connectivity index (χ3v) is 3.91. The number of carbonyl (C=O) groups is 1. The second kappa shape index (κ2) is 8.46. The van der Waals surface area contributed by atoms with Gasteiger partial charge in [-0.3, -0.25) is 4.79 Å². The minimum absolute atomic E-state index is 0.243. The van der Waals surface area contributed by atoms with Gasteiger partial charge in [0, 0.05) is 12.3 Å². The third kappa shape index (κ3) is 6.62. The van der Waals surface area contributed by atoms with Crippen LogP contribution >= 0.6 is 11.3 Å². The van der Waals surface area contributed by atoms with Crippen LogP contribution in [0.25, 0.3) is 0 Å². The van der Waals surface area contributed by atoms with E-state index < -0.39 is 0 Å². The molecule has 1 heterocycles. The molecule has 0 aliphatic heterocycles. The molecule has 96 valence electrons. The fourth-order valence-electron chi connectivity index (χ4n) is 2.14. The summed E-state index contributed by atoms with van der Waals surface area (Å²) >= 11 is 1.71. The van der Waals surface area contributed by atoms with E-state index in [1.165, 1.54) is 32.1 Å². The fourth-order valence-corrected chi connectivity index (χ4v) is 2.59. The molecule has 0 atom stereocenters. The van der Waals surface area contributed by atoms with E-state index in [0.29, 0.717) is 11.7 Å². The molecule has 1 aliphatic carbocycles. The lowest BCUT2D eigenvalue weighted by Gasteiger charge is -2.21. The highest BCUT2D eigenvalue weighted by Crippen LogP contribution is 2.27. The molecule has 1 aliphatic rings. The number of carbonyl (C=O) groups excluding carboxylic acids is 1. The molecule has 1 nitrogen and oxygen atoms in total. The van der Waals surface area contributed by atoms with Crippen LogP contribution in [0.4, 0.5) is 0 Å². The lowest BCUT2D eigenvalue weighted by molar-refractivity contribution is -0.123. The van der Waals surface area contributed by atoms with E-state index >= 15 is 0 Å². The molecule has 2 heteroatoms. The Balaban J connectivity index is 0.000000239. The minimum Gasteiger partial charge on any atom is -0.299 e. The van der Waals surface area contributed by atoms with Crippen LogP contribution in [-0.2, 0) is 4.79 Å². The predicted molar refractivity (Wildman–Crippen MR) is 75.4 cm³/mol. The number of Topliss-reactive ketones (excluding diaryl/α,β-unsaturated/α-hetero) is 1. The second-order valence-electron chi connectivity index (χ2n) is 5.12. The minimum atomic E-state index is 0.243. The Bertz CT molecular complexity index is 267. The molecule has 0 aromatic carbocycles. The van der Waals surface area contributed by atoms with Gasteiger partial charge in [0.25, 0.3) is 0 Å². The van der Waals surface area contributed by atoms with E-state index in [2.05, 4.69) is 0 Å². The smallest absolute Gasteiger partial charge is 0.135 e. The van der Waals surface area contributed by atoms with Gasteiger partial charge in [-0.2, -0.15) is 11.3 Å². The van der Waals surface area contributed by atoms with Gasteiger partial charge in [0.05, 0.1) is 0 Å². The van der Waals surface area contributed by atoms with Crippen molar-refractivity contribution in [1.29, 1.82) is 0 Å². The number of rotatable bonds is 3. The van der Waals surface area contributed by atoms with Gasteiger partial charge in [0.1, 0.15) is 5.78 Å². The maximum atomic E-state index is 11.4. The van der Waals surface area contributed by atoms with Crippen molar-refractivity contribution < 1.29 is 4.79 Å². The number of thiophene rings is 1. The monoisotopic (exact) mass is 252 g/mol. The summed E-state index contributed by atoms with van der Waals surface area (Å²) in [5.74, 6) is 1.42. The molecule has 0 N–H and O–H groups in total. The molecule has 1 aromatic heterocycles. The molecule has 0 bridgehead atoms. The highest BCUT2D eigenvalue weighted by atomic mass is 32.1. The fraction of sp³-hybridized carbons (Fsp3) is 0.667. The Morgan fingerprint density at radius 2 is 1.76 bits per heavy atom. The van der Waals surface area contributed by atoms with E-state index in [1.807, 2.05) is 36.7 Å². The van der Waals surface area contributed by atoms with Gasteiger partial charge in [0.2, 0.25) is 0 Å². The van der Waals surface area contributed by atoms with Crippen molar-refractivity contribution >= 4 is 17.1 Å². The first kappa shape index (κ1) is 14.4. The first-order chi connectivity index (χ1) is 8.20. The van der Waals surface area contributed by atoms with Gasteiger partial charge in [0.15, 0.2) is 0 Å². The maximum absolute atomic E-state index is 11.4. The number of ketones is 1. The number of hydrogen-bond donors (Lipinski definition) is 0. The average Bonchev–Trinajstić information content (AvgIpc) is 2.89. The van der Waals surface area contributed by atoms with Crippen molar-refractivity contribution in [2.75, 3.05) is 0 Å². The van der Waals surface area contributed by atoms with Crippen molar-refractivity contribution in [2.45, 2.75) is 52.4 Å². The van der Waals surface area contributed by atoms with Crippen LogP contribution in [0.1, 0.15) is 52.4 Å². The largest absolute Gasteiger partial charge is 0.299 e. The van der Waals surface area contributed by atoms with Crippen LogP contribution in [0.15, 0.2) is 22.9 Å². The summed E-state index contributed by atoms with van der Waals surface area (Å²) in [6.45, 7) is 4.01. The van der Waals surface area contributed by atoms with Crippen molar-refractivity contribution in [3.05, 3.63) is 22.9 Å². The molecule has 0 spiro atoms. The lowest BCUT2D eigenvalue weighted by Crippen LogP contribution is -2.15. The quantitative estimate of drug-likeness (QED) is 0.745. The SMILES string of the molecule is CC(C)C(=O)CC1CCCCC1.c1ccsc1. The first-order valence-electron chi connectivity index (χ1n) is 6.70. The zero-order chi connectivity index (χ0) is 12.5. The van der Waals surface area contributed by atoms with E-state index in [-0.39, 0.29) is 5.92 Å². The molecule has 1 saturated carbocycles. The summed E-state index contributed by atoms with van der Waals surface area (Å²) in [6, 6.07) is 4.04. The zero-order valence-corrected chi connectivity index (χ0v) is 11.8. The molecule has 1 fully saturated rings. The highest BCUT2D eigenvalue weighted by molar-refractivity contribution is 7.07. The molecular formula is C15H24OS. The Morgan fingerprint density at radius 1 is 1.18 bits per heavy atom. The van der Waals surface area contributed by atoms with Gasteiger partial charge < -0.3 is 0 Å². The molecule has 17 heavy (non-hydrogen) atoms. The van der Waals surface area contributed by atoms with Crippen LogP contribution < -0.4 is 0 Å². The Kier molecular flexibility index (Phi) is 7.18. The maximum Gasteiger partial charge on any atom is 0.135 e. The summed E-state index contributed by atoms with van der Waals surface area (Å²) in [5.41, 5.74) is 0. The predicted octanol–water partition coefficient (Wildman–Crippen LogP) is 4.93. The van der Waals surface area contributed by atoms with Crippen LogP contribution in [0, 0.1) is 11.8 Å².